The van der Waals surface area contributed by atoms with Gasteiger partial charge in [0, 0.05) is 16.1 Å². The zero-order valence-corrected chi connectivity index (χ0v) is 13.8. The summed E-state index contributed by atoms with van der Waals surface area (Å²) in [5.74, 6) is -0.0658. The largest absolute Gasteiger partial charge is 0.349 e. The Kier molecular flexibility index (Phi) is 5.91. The highest BCUT2D eigenvalue weighted by Crippen LogP contribution is 2.27. The molecule has 1 aliphatic rings. The van der Waals surface area contributed by atoms with Crippen LogP contribution in [0.5, 0.6) is 0 Å². The molecule has 21 heavy (non-hydrogen) atoms. The smallest absolute Gasteiger partial charge is 0.225 e. The maximum absolute atomic E-state index is 12.5. The van der Waals surface area contributed by atoms with Crippen molar-refractivity contribution in [2.75, 3.05) is 0 Å². The van der Waals surface area contributed by atoms with Gasteiger partial charge in [-0.05, 0) is 37.5 Å². The third-order valence-electron chi connectivity index (χ3n) is 4.19. The van der Waals surface area contributed by atoms with Gasteiger partial charge in [0.25, 0.3) is 0 Å². The van der Waals surface area contributed by atoms with Gasteiger partial charge in [-0.3, -0.25) is 4.79 Å². The van der Waals surface area contributed by atoms with E-state index in [1.54, 1.807) is 12.1 Å². The molecule has 0 aromatic heterocycles. The summed E-state index contributed by atoms with van der Waals surface area (Å²) in [7, 11) is 0. The van der Waals surface area contributed by atoms with Gasteiger partial charge in [0.15, 0.2) is 0 Å². The van der Waals surface area contributed by atoms with E-state index in [9.17, 15) is 4.79 Å². The molecule has 0 radical (unpaired) electrons. The third kappa shape index (κ3) is 4.35. The fraction of sp³-hybridized carbons (Fsp3) is 0.562. The lowest BCUT2D eigenvalue weighted by molar-refractivity contribution is -0.126. The Morgan fingerprint density at radius 3 is 2.71 bits per heavy atom. The molecule has 1 fully saturated rings. The van der Waals surface area contributed by atoms with Crippen LogP contribution in [-0.2, 0) is 4.79 Å². The van der Waals surface area contributed by atoms with Gasteiger partial charge in [-0.15, -0.1) is 0 Å². The molecule has 5 heteroatoms. The Hall–Kier alpha value is -0.770. The van der Waals surface area contributed by atoms with Crippen molar-refractivity contribution in [2.24, 2.45) is 11.7 Å². The summed E-state index contributed by atoms with van der Waals surface area (Å²) in [6.45, 7) is 1.93. The minimum atomic E-state index is -0.155. The van der Waals surface area contributed by atoms with Crippen molar-refractivity contribution < 1.29 is 4.79 Å². The molecule has 3 atom stereocenters. The first-order valence-corrected chi connectivity index (χ1v) is 8.25. The van der Waals surface area contributed by atoms with Crippen LogP contribution < -0.4 is 11.1 Å². The molecule has 0 saturated heterocycles. The number of halogens is 2. The normalized spacial score (nSPS) is 24.2. The highest BCUT2D eigenvalue weighted by molar-refractivity contribution is 6.35. The second-order valence-corrected chi connectivity index (χ2v) is 6.65. The number of benzene rings is 1. The average molecular weight is 329 g/mol. The first-order valence-electron chi connectivity index (χ1n) is 7.50. The van der Waals surface area contributed by atoms with Crippen molar-refractivity contribution in [3.8, 4) is 0 Å². The van der Waals surface area contributed by atoms with Crippen molar-refractivity contribution in [3.05, 3.63) is 33.8 Å². The van der Waals surface area contributed by atoms with E-state index in [0.717, 1.165) is 37.7 Å². The maximum atomic E-state index is 12.5. The van der Waals surface area contributed by atoms with Crippen LogP contribution in [0.1, 0.15) is 50.6 Å². The lowest BCUT2D eigenvalue weighted by Crippen LogP contribution is -2.42. The lowest BCUT2D eigenvalue weighted by atomic mass is 9.94. The molecular formula is C16H22Cl2N2O. The molecule has 1 saturated carbocycles. The fourth-order valence-corrected chi connectivity index (χ4v) is 3.48. The highest BCUT2D eigenvalue weighted by atomic mass is 35.5. The Balaban J connectivity index is 2.04. The quantitative estimate of drug-likeness (QED) is 0.821. The van der Waals surface area contributed by atoms with Gasteiger partial charge in [0.1, 0.15) is 0 Å². The standard InChI is InChI=1S/C16H22Cl2N2O/c1-10(12-8-7-11(17)9-14(12)18)20-16(21)13-5-3-2-4-6-15(13)19/h7-10,13,15H,2-6,19H2,1H3,(H,20,21). The Labute approximate surface area is 136 Å². The Morgan fingerprint density at radius 1 is 1.29 bits per heavy atom. The van der Waals surface area contributed by atoms with Crippen molar-refractivity contribution in [1.82, 2.24) is 5.32 Å². The monoisotopic (exact) mass is 328 g/mol. The summed E-state index contributed by atoms with van der Waals surface area (Å²) in [5.41, 5.74) is 7.01. The molecule has 0 heterocycles. The Morgan fingerprint density at radius 2 is 2.00 bits per heavy atom. The number of amides is 1. The van der Waals surface area contributed by atoms with Gasteiger partial charge >= 0.3 is 0 Å². The van der Waals surface area contributed by atoms with Crippen molar-refractivity contribution in [3.63, 3.8) is 0 Å². The number of nitrogens with one attached hydrogen (secondary N) is 1. The first-order chi connectivity index (χ1) is 9.99. The van der Waals surface area contributed by atoms with Gasteiger partial charge in [0.2, 0.25) is 5.91 Å². The van der Waals surface area contributed by atoms with Crippen LogP contribution in [0.15, 0.2) is 18.2 Å². The summed E-state index contributed by atoms with van der Waals surface area (Å²) < 4.78 is 0. The zero-order chi connectivity index (χ0) is 15.4. The summed E-state index contributed by atoms with van der Waals surface area (Å²) in [4.78, 5) is 12.5. The number of hydrogen-bond donors (Lipinski definition) is 2. The number of rotatable bonds is 3. The molecule has 1 aliphatic carbocycles. The number of nitrogens with two attached hydrogens (primary N) is 1. The van der Waals surface area contributed by atoms with E-state index in [2.05, 4.69) is 5.32 Å². The molecule has 3 unspecified atom stereocenters. The van der Waals surface area contributed by atoms with Gasteiger partial charge in [-0.2, -0.15) is 0 Å². The van der Waals surface area contributed by atoms with Gasteiger partial charge in [-0.25, -0.2) is 0 Å². The molecule has 1 aromatic rings. The second kappa shape index (κ2) is 7.48. The molecule has 116 valence electrons. The predicted molar refractivity (Wildman–Crippen MR) is 87.6 cm³/mol. The molecule has 0 spiro atoms. The van der Waals surface area contributed by atoms with Crippen LogP contribution >= 0.6 is 23.2 Å². The molecule has 0 aliphatic heterocycles. The van der Waals surface area contributed by atoms with Crippen LogP contribution in [0.4, 0.5) is 0 Å². The fourth-order valence-electron chi connectivity index (χ4n) is 2.91. The molecule has 3 nitrogen and oxygen atoms in total. The topological polar surface area (TPSA) is 55.1 Å². The van der Waals surface area contributed by atoms with Crippen molar-refractivity contribution in [2.45, 2.75) is 51.1 Å². The van der Waals surface area contributed by atoms with Crippen LogP contribution in [0.25, 0.3) is 0 Å². The van der Waals surface area contributed by atoms with Gasteiger partial charge < -0.3 is 11.1 Å². The predicted octanol–water partition coefficient (Wildman–Crippen LogP) is 4.08. The van der Waals surface area contributed by atoms with E-state index in [1.165, 1.54) is 0 Å². The van der Waals surface area contributed by atoms with E-state index >= 15 is 0 Å². The number of hydrogen-bond acceptors (Lipinski definition) is 2. The van der Waals surface area contributed by atoms with Gasteiger partial charge in [-0.1, -0.05) is 48.5 Å². The summed E-state index contributed by atoms with van der Waals surface area (Å²) in [6.07, 6.45) is 5.14. The van der Waals surface area contributed by atoms with Crippen LogP contribution in [0, 0.1) is 5.92 Å². The molecule has 1 aromatic carbocycles. The minimum Gasteiger partial charge on any atom is -0.349 e. The van der Waals surface area contributed by atoms with Crippen molar-refractivity contribution in [1.29, 1.82) is 0 Å². The Bertz CT molecular complexity index is 507. The highest BCUT2D eigenvalue weighted by Gasteiger charge is 2.28. The summed E-state index contributed by atoms with van der Waals surface area (Å²) >= 11 is 12.1. The van der Waals surface area contributed by atoms with E-state index in [1.807, 2.05) is 13.0 Å². The van der Waals surface area contributed by atoms with Gasteiger partial charge in [0.05, 0.1) is 12.0 Å². The van der Waals surface area contributed by atoms with Crippen molar-refractivity contribution >= 4 is 29.1 Å². The summed E-state index contributed by atoms with van der Waals surface area (Å²) in [6, 6.07) is 5.13. The number of carbonyl (C=O) groups is 1. The number of carbonyl (C=O) groups excluding carboxylic acids is 1. The van der Waals surface area contributed by atoms with Crippen LogP contribution in [0.3, 0.4) is 0 Å². The van der Waals surface area contributed by atoms with Crippen LogP contribution in [-0.4, -0.2) is 11.9 Å². The van der Waals surface area contributed by atoms with E-state index < -0.39 is 0 Å². The minimum absolute atomic E-state index is 0.0305. The third-order valence-corrected chi connectivity index (χ3v) is 4.76. The molecular weight excluding hydrogens is 307 g/mol. The summed E-state index contributed by atoms with van der Waals surface area (Å²) in [5, 5.41) is 4.20. The average Bonchev–Trinajstić information content (AvgIpc) is 2.63. The second-order valence-electron chi connectivity index (χ2n) is 5.80. The molecule has 2 rings (SSSR count). The van der Waals surface area contributed by atoms with E-state index in [0.29, 0.717) is 10.0 Å². The first kappa shape index (κ1) is 16.6. The van der Waals surface area contributed by atoms with E-state index in [-0.39, 0.29) is 23.9 Å². The maximum Gasteiger partial charge on any atom is 0.225 e. The SMILES string of the molecule is CC(NC(=O)C1CCCCCC1N)c1ccc(Cl)cc1Cl. The molecule has 1 amide bonds. The van der Waals surface area contributed by atoms with Crippen LogP contribution in [0.2, 0.25) is 10.0 Å². The molecule has 0 bridgehead atoms. The zero-order valence-electron chi connectivity index (χ0n) is 12.2. The lowest BCUT2D eigenvalue weighted by Gasteiger charge is -2.24. The van der Waals surface area contributed by atoms with E-state index in [4.69, 9.17) is 28.9 Å². The molecule has 3 N–H and O–H groups in total.